The number of rotatable bonds is 5. The first-order valence-corrected chi connectivity index (χ1v) is 7.05. The molecule has 0 aromatic rings. The second-order valence-corrected chi connectivity index (χ2v) is 6.30. The average Bonchev–Trinajstić information content (AvgIpc) is 2.38. The highest BCUT2D eigenvalue weighted by molar-refractivity contribution is 5.80. The minimum absolute atomic E-state index is 0.325. The Hall–Kier alpha value is -0.770. The van der Waals surface area contributed by atoms with Crippen molar-refractivity contribution in [1.82, 2.24) is 5.32 Å². The van der Waals surface area contributed by atoms with Gasteiger partial charge in [0.15, 0.2) is 12.3 Å². The molecule has 0 saturated carbocycles. The third-order valence-corrected chi connectivity index (χ3v) is 3.80. The van der Waals surface area contributed by atoms with Gasteiger partial charge < -0.3 is 35.0 Å². The maximum Gasteiger partial charge on any atom is 0.280 e. The molecular weight excluding hydrogens is 280 g/mol. The van der Waals surface area contributed by atoms with E-state index in [0.717, 1.165) is 0 Å². The van der Waals surface area contributed by atoms with Crippen LogP contribution in [0.3, 0.4) is 0 Å². The second-order valence-electron chi connectivity index (χ2n) is 6.30. The topological polar surface area (TPSA) is 119 Å². The lowest BCUT2D eigenvalue weighted by Gasteiger charge is -2.41. The molecule has 1 aliphatic rings. The van der Waals surface area contributed by atoms with Crippen LogP contribution in [0, 0.1) is 0 Å². The van der Waals surface area contributed by atoms with Crippen LogP contribution in [0.4, 0.5) is 0 Å². The average molecular weight is 307 g/mol. The molecule has 0 aromatic heterocycles. The summed E-state index contributed by atoms with van der Waals surface area (Å²) in [6.07, 6.45) is -6.00. The van der Waals surface area contributed by atoms with Gasteiger partial charge in [-0.05, 0) is 0 Å². The van der Waals surface area contributed by atoms with Crippen LogP contribution in [0.25, 0.3) is 0 Å². The van der Waals surface area contributed by atoms with E-state index in [4.69, 9.17) is 9.84 Å². The standard InChI is InChI=1S/C13H26N2O6/c1-5-7(15(2,3)4)12(20)14-13-11(19)10(18)9(17)8(6-16)21-13/h7-11,13,16-19H,5-6H2,1-4H3/p+1/t7?,8?,9-,10+,11?,13-/m1/s1. The predicted molar refractivity (Wildman–Crippen MR) is 74.0 cm³/mol. The smallest absolute Gasteiger partial charge is 0.280 e. The molecule has 8 heteroatoms. The fraction of sp³-hybridized carbons (Fsp3) is 0.923. The summed E-state index contributed by atoms with van der Waals surface area (Å²) in [6, 6.07) is -0.350. The quantitative estimate of drug-likeness (QED) is 0.355. The van der Waals surface area contributed by atoms with E-state index in [1.54, 1.807) is 0 Å². The Kier molecular flexibility index (Phi) is 6.09. The van der Waals surface area contributed by atoms with Crippen LogP contribution < -0.4 is 5.32 Å². The monoisotopic (exact) mass is 307 g/mol. The maximum absolute atomic E-state index is 12.3. The van der Waals surface area contributed by atoms with Gasteiger partial charge in [0.2, 0.25) is 0 Å². The summed E-state index contributed by atoms with van der Waals surface area (Å²) >= 11 is 0. The lowest BCUT2D eigenvalue weighted by molar-refractivity contribution is -0.886. The molecule has 1 saturated heterocycles. The van der Waals surface area contributed by atoms with Gasteiger partial charge in [-0.3, -0.25) is 4.79 Å². The Balaban J connectivity index is 2.79. The number of carbonyl (C=O) groups excluding carboxylic acids is 1. The minimum Gasteiger partial charge on any atom is -0.394 e. The van der Waals surface area contributed by atoms with Gasteiger partial charge in [-0.15, -0.1) is 0 Å². The number of quaternary nitrogens is 1. The molecule has 21 heavy (non-hydrogen) atoms. The molecule has 5 N–H and O–H groups in total. The van der Waals surface area contributed by atoms with Crippen LogP contribution >= 0.6 is 0 Å². The van der Waals surface area contributed by atoms with Crippen molar-refractivity contribution in [2.24, 2.45) is 0 Å². The van der Waals surface area contributed by atoms with Crippen molar-refractivity contribution in [2.45, 2.75) is 50.0 Å². The van der Waals surface area contributed by atoms with E-state index in [9.17, 15) is 20.1 Å². The second kappa shape index (κ2) is 6.99. The Bertz CT molecular complexity index is 357. The van der Waals surface area contributed by atoms with Gasteiger partial charge in [-0.25, -0.2) is 0 Å². The van der Waals surface area contributed by atoms with Crippen LogP contribution in [0.15, 0.2) is 0 Å². The van der Waals surface area contributed by atoms with Crippen molar-refractivity contribution in [3.63, 3.8) is 0 Å². The zero-order valence-corrected chi connectivity index (χ0v) is 12.9. The predicted octanol–water partition coefficient (Wildman–Crippen LogP) is -2.61. The van der Waals surface area contributed by atoms with Crippen molar-refractivity contribution in [3.05, 3.63) is 0 Å². The highest BCUT2D eigenvalue weighted by atomic mass is 16.6. The molecule has 8 nitrogen and oxygen atoms in total. The summed E-state index contributed by atoms with van der Waals surface area (Å²) in [5.41, 5.74) is 0. The van der Waals surface area contributed by atoms with Gasteiger partial charge in [0.1, 0.15) is 24.4 Å². The van der Waals surface area contributed by atoms with Gasteiger partial charge in [-0.2, -0.15) is 0 Å². The van der Waals surface area contributed by atoms with Crippen molar-refractivity contribution >= 4 is 5.91 Å². The number of nitrogens with zero attached hydrogens (tertiary/aromatic N) is 1. The summed E-state index contributed by atoms with van der Waals surface area (Å²) in [7, 11) is 5.63. The lowest BCUT2D eigenvalue weighted by Crippen LogP contribution is -2.65. The molecule has 1 fully saturated rings. The molecule has 1 rings (SSSR count). The molecular formula is C13H27N2O6+. The van der Waals surface area contributed by atoms with Gasteiger partial charge >= 0.3 is 0 Å². The first kappa shape index (κ1) is 18.3. The number of amides is 1. The summed E-state index contributed by atoms with van der Waals surface area (Å²) in [4.78, 5) is 12.3. The van der Waals surface area contributed by atoms with Crippen LogP contribution in [-0.4, -0.2) is 95.3 Å². The number of carbonyl (C=O) groups is 1. The summed E-state index contributed by atoms with van der Waals surface area (Å²) in [5, 5.41) is 40.9. The van der Waals surface area contributed by atoms with E-state index < -0.39 is 37.3 Å². The number of nitrogens with one attached hydrogen (secondary N) is 1. The zero-order valence-electron chi connectivity index (χ0n) is 12.9. The molecule has 124 valence electrons. The van der Waals surface area contributed by atoms with E-state index in [1.807, 2.05) is 28.1 Å². The fourth-order valence-electron chi connectivity index (χ4n) is 2.54. The zero-order chi connectivity index (χ0) is 16.4. The van der Waals surface area contributed by atoms with Gasteiger partial charge in [0.05, 0.1) is 27.7 Å². The Labute approximate surface area is 124 Å². The maximum atomic E-state index is 12.3. The minimum atomic E-state index is -1.49. The third kappa shape index (κ3) is 4.12. The van der Waals surface area contributed by atoms with Crippen LogP contribution in [0.5, 0.6) is 0 Å². The summed E-state index contributed by atoms with van der Waals surface area (Å²) in [5.74, 6) is -0.325. The van der Waals surface area contributed by atoms with E-state index in [2.05, 4.69) is 5.32 Å². The molecule has 6 atom stereocenters. The highest BCUT2D eigenvalue weighted by Crippen LogP contribution is 2.20. The number of likely N-dealkylation sites (N-methyl/N-ethyl adjacent to an activating group) is 1. The van der Waals surface area contributed by atoms with Crippen molar-refractivity contribution in [3.8, 4) is 0 Å². The van der Waals surface area contributed by atoms with Crippen LogP contribution in [-0.2, 0) is 9.53 Å². The molecule has 0 bridgehead atoms. The number of aliphatic hydroxyl groups excluding tert-OH is 4. The third-order valence-electron chi connectivity index (χ3n) is 3.80. The molecule has 1 amide bonds. The molecule has 1 heterocycles. The molecule has 0 aromatic carbocycles. The van der Waals surface area contributed by atoms with Gasteiger partial charge in [0, 0.05) is 6.42 Å². The van der Waals surface area contributed by atoms with Crippen LogP contribution in [0.1, 0.15) is 13.3 Å². The van der Waals surface area contributed by atoms with E-state index in [1.165, 1.54) is 0 Å². The van der Waals surface area contributed by atoms with Crippen LogP contribution in [0.2, 0.25) is 0 Å². The number of hydrogen-bond donors (Lipinski definition) is 5. The first-order chi connectivity index (χ1) is 9.63. The van der Waals surface area contributed by atoms with Gasteiger partial charge in [0.25, 0.3) is 5.91 Å². The normalized spacial score (nSPS) is 35.3. The Morgan fingerprint density at radius 2 is 1.76 bits per heavy atom. The lowest BCUT2D eigenvalue weighted by atomic mass is 9.98. The number of hydrogen-bond acceptors (Lipinski definition) is 6. The Morgan fingerprint density at radius 3 is 2.19 bits per heavy atom. The van der Waals surface area contributed by atoms with E-state index in [0.29, 0.717) is 10.9 Å². The highest BCUT2D eigenvalue weighted by Gasteiger charge is 2.45. The number of ether oxygens (including phenoxy) is 1. The largest absolute Gasteiger partial charge is 0.394 e. The van der Waals surface area contributed by atoms with E-state index in [-0.39, 0.29) is 11.9 Å². The summed E-state index contributed by atoms with van der Waals surface area (Å²) in [6.45, 7) is 1.35. The van der Waals surface area contributed by atoms with Crippen molar-refractivity contribution in [2.75, 3.05) is 27.7 Å². The van der Waals surface area contributed by atoms with Gasteiger partial charge in [-0.1, -0.05) is 6.92 Å². The SMILES string of the molecule is CCC(C(=O)N[C@@H]1OC(CO)[C@@H](O)[C@H](O)C1O)[N+](C)(C)C. The van der Waals surface area contributed by atoms with E-state index >= 15 is 0 Å². The molecule has 0 spiro atoms. The van der Waals surface area contributed by atoms with Crippen molar-refractivity contribution < 1.29 is 34.4 Å². The molecule has 0 aliphatic carbocycles. The Morgan fingerprint density at radius 1 is 1.19 bits per heavy atom. The molecule has 0 radical (unpaired) electrons. The fourth-order valence-corrected chi connectivity index (χ4v) is 2.54. The molecule has 1 aliphatic heterocycles. The number of aliphatic hydroxyl groups is 4. The molecule has 3 unspecified atom stereocenters. The summed E-state index contributed by atoms with van der Waals surface area (Å²) < 4.78 is 5.66. The van der Waals surface area contributed by atoms with Crippen molar-refractivity contribution in [1.29, 1.82) is 0 Å². The first-order valence-electron chi connectivity index (χ1n) is 7.05.